The number of urea groups is 2. The van der Waals surface area contributed by atoms with Crippen LogP contribution in [0.4, 0.5) is 84.3 Å². The molecule has 0 atom stereocenters. The van der Waals surface area contributed by atoms with Crippen molar-refractivity contribution in [2.75, 3.05) is 61.8 Å². The number of nitrogens with zero attached hydrogens (tertiary/aromatic N) is 4. The molecule has 16 N–H and O–H groups in total. The van der Waals surface area contributed by atoms with Gasteiger partial charge in [0, 0.05) is 87.1 Å². The molecule has 8 aromatic rings. The van der Waals surface area contributed by atoms with Crippen molar-refractivity contribution < 1.29 is 49.8 Å². The number of para-hydroxylation sites is 1. The van der Waals surface area contributed by atoms with Gasteiger partial charge in [0.25, 0.3) is 20.2 Å². The van der Waals surface area contributed by atoms with Crippen LogP contribution in [-0.4, -0.2) is 77.1 Å². The molecule has 0 spiro atoms. The number of carbonyl (C=O) groups is 3. The third-order valence-electron chi connectivity index (χ3n) is 14.7. The van der Waals surface area contributed by atoms with Crippen molar-refractivity contribution in [2.45, 2.75) is 51.3 Å². The molecule has 0 bridgehead atoms. The van der Waals surface area contributed by atoms with Crippen LogP contribution in [0, 0.1) is 41.5 Å². The summed E-state index contributed by atoms with van der Waals surface area (Å²) in [6.07, 6.45) is 0. The summed E-state index contributed by atoms with van der Waals surface area (Å²) in [6, 6.07) is 36.2. The number of aromatic nitrogens is 3. The van der Waals surface area contributed by atoms with E-state index in [1.807, 2.05) is 63.2 Å². The highest BCUT2D eigenvalue weighted by molar-refractivity contribution is 7.86. The average molecular weight is 1290 g/mol. The van der Waals surface area contributed by atoms with E-state index in [9.17, 15) is 45.4 Å². The SMILES string of the molecule is C=C(NC(=O)Nc1c(C)cc(C)c(Nc2ccc3c(-c4ccccc4S(=O)(=O)O)c4cc(S(=O)(=O)O)c(=Nc5c(C)cc(C)c(NC(=O)NCCNc6nc(N)nc(Nc7cccc(C(=O)O)c7)n6)c5C)cc-4oc3c2)c1C)Nc1cc(N)cc(Nc2ccccc2)c1. The summed E-state index contributed by atoms with van der Waals surface area (Å²) in [5.41, 5.74) is 21.4. The van der Waals surface area contributed by atoms with Gasteiger partial charge in [-0.1, -0.05) is 61.2 Å². The van der Waals surface area contributed by atoms with Gasteiger partial charge >= 0.3 is 18.0 Å². The van der Waals surface area contributed by atoms with Crippen molar-refractivity contribution in [1.82, 2.24) is 25.6 Å². The molecule has 0 unspecified atom stereocenters. The Morgan fingerprint density at radius 1 is 0.570 bits per heavy atom. The van der Waals surface area contributed by atoms with Gasteiger partial charge in [0.05, 0.1) is 28.0 Å². The summed E-state index contributed by atoms with van der Waals surface area (Å²) in [4.78, 5) is 54.6. The maximum absolute atomic E-state index is 13.6. The Kier molecular flexibility index (Phi) is 18.3. The van der Waals surface area contributed by atoms with Gasteiger partial charge in [-0.05, 0) is 148 Å². The molecule has 1 aliphatic carbocycles. The topological polar surface area (TPSA) is 405 Å². The number of nitrogen functional groups attached to an aromatic ring is 2. The molecule has 93 heavy (non-hydrogen) atoms. The highest BCUT2D eigenvalue weighted by atomic mass is 32.2. The number of nitrogens with one attached hydrogen (secondary N) is 9. The van der Waals surface area contributed by atoms with Gasteiger partial charge in [0.1, 0.15) is 27.0 Å². The van der Waals surface area contributed by atoms with E-state index >= 15 is 0 Å². The Labute approximate surface area is 533 Å². The van der Waals surface area contributed by atoms with Gasteiger partial charge in [-0.3, -0.25) is 14.4 Å². The lowest BCUT2D eigenvalue weighted by atomic mass is 9.93. The quantitative estimate of drug-likeness (QED) is 0.0146. The summed E-state index contributed by atoms with van der Waals surface area (Å²) in [7, 11) is -10.1. The Bertz CT molecular complexity index is 4950. The van der Waals surface area contributed by atoms with Crippen LogP contribution in [0.3, 0.4) is 0 Å². The monoisotopic (exact) mass is 1290 g/mol. The molecule has 0 radical (unpaired) electrons. The van der Waals surface area contributed by atoms with E-state index < -0.39 is 48.1 Å². The second-order valence-electron chi connectivity index (χ2n) is 21.6. The van der Waals surface area contributed by atoms with Crippen LogP contribution in [0.2, 0.25) is 0 Å². The molecule has 7 aromatic carbocycles. The Balaban J connectivity index is 0.937. The van der Waals surface area contributed by atoms with Crippen molar-refractivity contribution in [2.24, 2.45) is 4.99 Å². The fourth-order valence-electron chi connectivity index (χ4n) is 10.7. The van der Waals surface area contributed by atoms with Gasteiger partial charge in [0.15, 0.2) is 0 Å². The predicted molar refractivity (Wildman–Crippen MR) is 360 cm³/mol. The third-order valence-corrected chi connectivity index (χ3v) is 16.5. The van der Waals surface area contributed by atoms with Gasteiger partial charge in [-0.2, -0.15) is 31.8 Å². The van der Waals surface area contributed by atoms with Crippen molar-refractivity contribution in [3.05, 3.63) is 196 Å². The zero-order valence-corrected chi connectivity index (χ0v) is 52.4. The van der Waals surface area contributed by atoms with Crippen LogP contribution in [0.1, 0.15) is 43.7 Å². The van der Waals surface area contributed by atoms with E-state index in [0.717, 1.165) is 22.9 Å². The lowest BCUT2D eigenvalue weighted by Crippen LogP contribution is -2.33. The molecule has 0 saturated carbocycles. The maximum Gasteiger partial charge on any atom is 0.335 e. The van der Waals surface area contributed by atoms with Crippen LogP contribution in [0.25, 0.3) is 33.4 Å². The van der Waals surface area contributed by atoms with Crippen molar-refractivity contribution in [3.63, 3.8) is 0 Å². The number of benzene rings is 8. The van der Waals surface area contributed by atoms with Crippen molar-refractivity contribution >= 4 is 124 Å². The molecule has 0 fully saturated rings. The summed E-state index contributed by atoms with van der Waals surface area (Å²) < 4.78 is 81.4. The molecule has 10 rings (SSSR count). The van der Waals surface area contributed by atoms with Gasteiger partial charge in [-0.25, -0.2) is 19.4 Å². The van der Waals surface area contributed by atoms with Crippen LogP contribution in [0.15, 0.2) is 171 Å². The highest BCUT2D eigenvalue weighted by Crippen LogP contribution is 2.45. The zero-order valence-electron chi connectivity index (χ0n) is 50.8. The minimum Gasteiger partial charge on any atom is -0.478 e. The summed E-state index contributed by atoms with van der Waals surface area (Å²) in [6.45, 7) is 14.9. The number of hydrogen-bond donors (Lipinski definition) is 14. The number of amides is 4. The molecule has 1 aromatic heterocycles. The molecule has 2 aliphatic rings. The number of aromatic carboxylic acids is 1. The number of carboxylic acids is 1. The number of hydrogen-bond acceptors (Lipinski definition) is 19. The average Bonchev–Trinajstić information content (AvgIpc) is 0.738. The molecular formula is C65H63N15O11S2. The second-order valence-corrected chi connectivity index (χ2v) is 24.4. The Hall–Kier alpha value is -11.6. The predicted octanol–water partition coefficient (Wildman–Crippen LogP) is 12.0. The lowest BCUT2D eigenvalue weighted by molar-refractivity contribution is 0.0696. The number of carboxylic acid groups (broad SMARTS) is 1. The second kappa shape index (κ2) is 26.5. The molecule has 2 heterocycles. The lowest BCUT2D eigenvalue weighted by Gasteiger charge is -2.21. The largest absolute Gasteiger partial charge is 0.478 e. The normalized spacial score (nSPS) is 11.6. The van der Waals surface area contributed by atoms with E-state index in [1.54, 1.807) is 75.4 Å². The number of rotatable bonds is 20. The smallest absolute Gasteiger partial charge is 0.335 e. The highest BCUT2D eigenvalue weighted by Gasteiger charge is 2.28. The minimum absolute atomic E-state index is 0.0194. The number of anilines is 12. The Morgan fingerprint density at radius 2 is 1.22 bits per heavy atom. The molecular weight excluding hydrogens is 1230 g/mol. The fraction of sp³-hybridized carbons (Fsp3) is 0.123. The van der Waals surface area contributed by atoms with E-state index in [2.05, 4.69) is 69.4 Å². The summed E-state index contributed by atoms with van der Waals surface area (Å²) in [5.74, 6) is -1.00. The number of fused-ring (bicyclic) bond motifs is 2. The van der Waals surface area contributed by atoms with Crippen LogP contribution in [-0.2, 0) is 20.2 Å². The third kappa shape index (κ3) is 15.0. The van der Waals surface area contributed by atoms with E-state index in [1.165, 1.54) is 36.4 Å². The maximum atomic E-state index is 13.6. The van der Waals surface area contributed by atoms with E-state index in [4.69, 9.17) is 20.9 Å². The summed E-state index contributed by atoms with van der Waals surface area (Å²) in [5, 5.41) is 36.3. The van der Waals surface area contributed by atoms with Gasteiger partial charge in [0.2, 0.25) is 17.8 Å². The summed E-state index contributed by atoms with van der Waals surface area (Å²) >= 11 is 0. The standard InChI is InChI=1S/C65H63N15O11S2/c1-33-24-36(4)59(77-65(84)71-39(7)70-45-27-41(66)28-46(29-45)72-42-15-9-8-10-16-42)37(5)56(33)73-44-20-21-47-51(30-44)91-52-32-50(54(93(88,89)90)31-49(52)55(47)48-18-11-12-19-53(48)92(85,86)87)75-57-34(2)25-35(3)58(38(57)6)76-64(83)69-23-22-68-62-78-61(67)79-63(80-62)74-43-17-13-14-40(26-43)60(81)82/h8-21,24-32,70,72-73H,7,22-23,66H2,1-6H3,(H,81,82)(H2,69,76,83)(H2,71,77,84)(H,85,86,87)(H,88,89,90)(H4,67,68,74,78,79,80). The first kappa shape index (κ1) is 64.4. The van der Waals surface area contributed by atoms with E-state index in [-0.39, 0.29) is 86.8 Å². The zero-order chi connectivity index (χ0) is 66.6. The fourth-order valence-corrected chi connectivity index (χ4v) is 12.0. The van der Waals surface area contributed by atoms with E-state index in [0.29, 0.717) is 67.8 Å². The first-order valence-corrected chi connectivity index (χ1v) is 31.3. The van der Waals surface area contributed by atoms with Crippen LogP contribution in [0.5, 0.6) is 0 Å². The molecule has 0 saturated heterocycles. The molecule has 28 heteroatoms. The van der Waals surface area contributed by atoms with Gasteiger partial charge < -0.3 is 63.5 Å². The van der Waals surface area contributed by atoms with Crippen molar-refractivity contribution in [1.29, 1.82) is 0 Å². The molecule has 4 amide bonds. The molecule has 1 aliphatic heterocycles. The van der Waals surface area contributed by atoms with Gasteiger partial charge in [-0.15, -0.1) is 0 Å². The first-order chi connectivity index (χ1) is 44.1. The molecule has 476 valence electrons. The van der Waals surface area contributed by atoms with Crippen molar-refractivity contribution in [3.8, 4) is 22.5 Å². The minimum atomic E-state index is -5.14. The number of carbonyl (C=O) groups excluding carboxylic acids is 2. The number of aryl methyl sites for hydroxylation is 4. The Morgan fingerprint density at radius 3 is 1.95 bits per heavy atom. The molecule has 26 nitrogen and oxygen atoms in total. The van der Waals surface area contributed by atoms with Crippen LogP contribution >= 0.6 is 0 Å². The van der Waals surface area contributed by atoms with Crippen LogP contribution < -0.4 is 64.7 Å². The number of nitrogens with two attached hydrogens (primary N) is 2. The first-order valence-electron chi connectivity index (χ1n) is 28.5.